The van der Waals surface area contributed by atoms with E-state index in [4.69, 9.17) is 15.5 Å². The molecule has 19 heavy (non-hydrogen) atoms. The Kier molecular flexibility index (Phi) is 6.30. The highest BCUT2D eigenvalue weighted by Crippen LogP contribution is 2.35. The van der Waals surface area contributed by atoms with Gasteiger partial charge in [-0.1, -0.05) is 19.8 Å². The lowest BCUT2D eigenvalue weighted by Gasteiger charge is -2.04. The average molecular weight is 303 g/mol. The highest BCUT2D eigenvalue weighted by Gasteiger charge is 2.04. The zero-order valence-corrected chi connectivity index (χ0v) is 12.4. The Morgan fingerprint density at radius 2 is 2.05 bits per heavy atom. The third-order valence-electron chi connectivity index (χ3n) is 2.31. The predicted molar refractivity (Wildman–Crippen MR) is 79.2 cm³/mol. The normalized spacial score (nSPS) is 11.1. The fourth-order valence-electron chi connectivity index (χ4n) is 1.35. The van der Waals surface area contributed by atoms with E-state index >= 15 is 0 Å². The fourth-order valence-corrected chi connectivity index (χ4v) is 2.37. The lowest BCUT2D eigenvalue weighted by molar-refractivity contribution is 0.475. The second-order valence-corrected chi connectivity index (χ2v) is 7.49. The van der Waals surface area contributed by atoms with E-state index in [1.54, 1.807) is 0 Å². The minimum absolute atomic E-state index is 0.413. The number of hydrogen-bond acceptors (Lipinski definition) is 5. The van der Waals surface area contributed by atoms with Crippen LogP contribution in [-0.4, -0.2) is 35.9 Å². The van der Waals surface area contributed by atoms with Crippen molar-refractivity contribution in [2.75, 3.05) is 11.9 Å². The Morgan fingerprint density at radius 3 is 2.63 bits per heavy atom. The van der Waals surface area contributed by atoms with Crippen LogP contribution >= 0.6 is 6.49 Å². The maximum Gasteiger partial charge on any atom is 0.183 e. The Morgan fingerprint density at radius 1 is 1.32 bits per heavy atom. The van der Waals surface area contributed by atoms with Crippen LogP contribution in [0.5, 0.6) is 0 Å². The van der Waals surface area contributed by atoms with Crippen molar-refractivity contribution in [3.63, 3.8) is 0 Å². The topological polar surface area (TPSA) is 121 Å². The number of aromatic amines is 1. The van der Waals surface area contributed by atoms with Gasteiger partial charge in [-0.05, 0) is 18.2 Å². The summed E-state index contributed by atoms with van der Waals surface area (Å²) in [5.41, 5.74) is 6.78. The number of nitrogens with one attached hydrogen (secondary N) is 1. The Hall–Kier alpha value is -1.08. The third kappa shape index (κ3) is 6.07. The molecule has 5 N–H and O–H groups in total. The summed E-state index contributed by atoms with van der Waals surface area (Å²) in [6.45, 7) is -0.794. The van der Waals surface area contributed by atoms with Gasteiger partial charge in [0.2, 0.25) is 0 Å². The first-order chi connectivity index (χ1) is 8.94. The van der Waals surface area contributed by atoms with Gasteiger partial charge >= 0.3 is 0 Å². The summed E-state index contributed by atoms with van der Waals surface area (Å²) in [4.78, 5) is 31.8. The molecule has 0 saturated heterocycles. The van der Waals surface area contributed by atoms with Gasteiger partial charge in [-0.25, -0.2) is 15.0 Å². The molecule has 2 aromatic rings. The van der Waals surface area contributed by atoms with Crippen LogP contribution in [0.1, 0.15) is 26.2 Å². The van der Waals surface area contributed by atoms with E-state index < -0.39 is 6.49 Å². The first-order valence-corrected chi connectivity index (χ1v) is 8.77. The van der Waals surface area contributed by atoms with Crippen molar-refractivity contribution in [1.82, 2.24) is 19.9 Å². The van der Waals surface area contributed by atoms with Crippen LogP contribution in [0.3, 0.4) is 0 Å². The quantitative estimate of drug-likeness (QED) is 0.497. The van der Waals surface area contributed by atoms with Crippen LogP contribution in [0.15, 0.2) is 12.7 Å². The molecule has 7 nitrogen and oxygen atoms in total. The Labute approximate surface area is 116 Å². The lowest BCUT2D eigenvalue weighted by Crippen LogP contribution is -1.91. The molecule has 0 aliphatic carbocycles. The van der Waals surface area contributed by atoms with E-state index in [2.05, 4.69) is 38.7 Å². The van der Waals surface area contributed by atoms with Crippen molar-refractivity contribution in [3.05, 3.63) is 12.7 Å². The summed E-state index contributed by atoms with van der Waals surface area (Å²) in [6.07, 6.45) is 6.32. The molecule has 0 aliphatic rings. The number of imidazole rings is 1. The molecule has 2 heterocycles. The molecular formula is C10H18N5O2PS. The number of anilines is 1. The smallest absolute Gasteiger partial charge is 0.183 e. The van der Waals surface area contributed by atoms with Gasteiger partial charge in [-0.2, -0.15) is 0 Å². The lowest BCUT2D eigenvalue weighted by atomic mass is 10.3. The number of hydrogen-bond donors (Lipinski definition) is 4. The van der Waals surface area contributed by atoms with E-state index in [0.717, 1.165) is 19.3 Å². The summed E-state index contributed by atoms with van der Waals surface area (Å²) in [5.74, 6) is 0.433. The van der Waals surface area contributed by atoms with Gasteiger partial charge < -0.3 is 20.5 Å². The van der Waals surface area contributed by atoms with Crippen molar-refractivity contribution in [2.24, 2.45) is 0 Å². The molecular weight excluding hydrogens is 285 g/mol. The van der Waals surface area contributed by atoms with E-state index in [0.29, 0.717) is 23.1 Å². The average Bonchev–Trinajstić information content (AvgIpc) is 2.78. The van der Waals surface area contributed by atoms with Crippen molar-refractivity contribution < 1.29 is 9.79 Å². The second-order valence-electron chi connectivity index (χ2n) is 3.96. The Bertz CT molecular complexity index is 556. The molecule has 0 spiro atoms. The number of unbranched alkanes of at least 4 members (excludes halogenated alkanes) is 2. The number of nitrogens with zero attached hydrogens (tertiary/aromatic N) is 3. The van der Waals surface area contributed by atoms with Gasteiger partial charge in [0, 0.05) is 6.16 Å². The second kappa shape index (κ2) is 7.49. The van der Waals surface area contributed by atoms with Crippen molar-refractivity contribution in [3.8, 4) is 0 Å². The van der Waals surface area contributed by atoms with Gasteiger partial charge in [-0.3, -0.25) is 0 Å². The van der Waals surface area contributed by atoms with E-state index in [9.17, 15) is 0 Å². The molecule has 0 aliphatic heterocycles. The first kappa shape index (κ1) is 16.0. The van der Waals surface area contributed by atoms with E-state index in [1.807, 2.05) is 0 Å². The summed E-state index contributed by atoms with van der Waals surface area (Å²) < 4.78 is 0. The predicted octanol–water partition coefficient (Wildman–Crippen LogP) is 1.41. The van der Waals surface area contributed by atoms with E-state index in [-0.39, 0.29) is 0 Å². The van der Waals surface area contributed by atoms with Crippen LogP contribution in [0.4, 0.5) is 5.82 Å². The molecule has 0 atom stereocenters. The van der Waals surface area contributed by atoms with Gasteiger partial charge in [0.25, 0.3) is 0 Å². The highest BCUT2D eigenvalue weighted by molar-refractivity contribution is 8.09. The number of rotatable bonds is 4. The molecule has 2 rings (SSSR count). The molecule has 2 aromatic heterocycles. The summed E-state index contributed by atoms with van der Waals surface area (Å²) in [7, 11) is 0. The molecule has 0 aromatic carbocycles. The highest BCUT2D eigenvalue weighted by atomic mass is 32.5. The van der Waals surface area contributed by atoms with Crippen LogP contribution in [0, 0.1) is 0 Å². The van der Waals surface area contributed by atoms with Crippen LogP contribution in [0.25, 0.3) is 11.2 Å². The molecule has 0 fully saturated rings. The maximum absolute atomic E-state index is 8.73. The summed E-state index contributed by atoms with van der Waals surface area (Å²) in [5, 5.41) is 0. The number of nitrogens with two attached hydrogens (primary N) is 1. The molecule has 0 unspecified atom stereocenters. The number of aromatic nitrogens is 4. The maximum atomic E-state index is 8.73. The van der Waals surface area contributed by atoms with Crippen molar-refractivity contribution in [1.29, 1.82) is 0 Å². The number of H-pyrrole nitrogens is 1. The Balaban J connectivity index is 0.000000192. The van der Waals surface area contributed by atoms with Gasteiger partial charge in [0.15, 0.2) is 18.0 Å². The van der Waals surface area contributed by atoms with Gasteiger partial charge in [0.05, 0.1) is 6.33 Å². The fraction of sp³-hybridized carbons (Fsp3) is 0.500. The van der Waals surface area contributed by atoms with Crippen LogP contribution in [-0.2, 0) is 11.8 Å². The summed E-state index contributed by atoms with van der Waals surface area (Å²) >= 11 is 4.42. The SMILES string of the molecule is CCCCCP(O)(O)=S.Nc1ncnc2nc[nH]c12. The van der Waals surface area contributed by atoms with E-state index in [1.165, 1.54) is 12.7 Å². The van der Waals surface area contributed by atoms with Crippen molar-refractivity contribution >= 4 is 35.3 Å². The summed E-state index contributed by atoms with van der Waals surface area (Å²) in [6, 6.07) is 0. The van der Waals surface area contributed by atoms with Gasteiger partial charge in [-0.15, -0.1) is 0 Å². The zero-order valence-electron chi connectivity index (χ0n) is 10.7. The molecule has 106 valence electrons. The number of nitrogen functional groups attached to an aromatic ring is 1. The standard InChI is InChI=1S/C5H5N5.C5H13O2PS/c6-4-3-5(9-1-7-3)10-2-8-4;1-2-3-4-5-8(6,7)9/h1-2H,(H3,6,7,8,9,10);2-5H2,1H3,(H2,6,7,9). The van der Waals surface area contributed by atoms with Crippen molar-refractivity contribution in [2.45, 2.75) is 26.2 Å². The zero-order chi connectivity index (χ0) is 14.3. The molecule has 0 amide bonds. The number of fused-ring (bicyclic) bond motifs is 1. The minimum atomic E-state index is -2.86. The molecule has 0 bridgehead atoms. The van der Waals surface area contributed by atoms with Gasteiger partial charge in [0.1, 0.15) is 11.8 Å². The largest absolute Gasteiger partial charge is 0.382 e. The molecule has 9 heteroatoms. The minimum Gasteiger partial charge on any atom is -0.382 e. The van der Waals surface area contributed by atoms with Crippen LogP contribution in [0.2, 0.25) is 0 Å². The first-order valence-electron chi connectivity index (χ1n) is 5.88. The monoisotopic (exact) mass is 303 g/mol. The van der Waals surface area contributed by atoms with Crippen LogP contribution < -0.4 is 5.73 Å². The third-order valence-corrected chi connectivity index (χ3v) is 3.75. The molecule has 0 radical (unpaired) electrons. The molecule has 0 saturated carbocycles.